The molecule has 30 heavy (non-hydrogen) atoms. The van der Waals surface area contributed by atoms with E-state index in [2.05, 4.69) is 38.9 Å². The molecule has 3 rings (SSSR count). The minimum Gasteiger partial charge on any atom is -0.426 e. The quantitative estimate of drug-likeness (QED) is 0.475. The number of nitrogens with zero attached hydrogens (tertiary/aromatic N) is 3. The van der Waals surface area contributed by atoms with Crippen LogP contribution in [0.2, 0.25) is 0 Å². The molecule has 0 radical (unpaired) electrons. The number of anilines is 1. The van der Waals surface area contributed by atoms with E-state index in [-0.39, 0.29) is 29.6 Å². The number of benzene rings is 2. The summed E-state index contributed by atoms with van der Waals surface area (Å²) in [5, 5.41) is 14.0. The molecule has 6 heteroatoms. The molecular weight excluding hydrogens is 376 g/mol. The first-order valence-corrected chi connectivity index (χ1v) is 9.99. The van der Waals surface area contributed by atoms with Crippen LogP contribution in [0.5, 0.6) is 5.75 Å². The van der Waals surface area contributed by atoms with Crippen molar-refractivity contribution in [3.8, 4) is 17.5 Å². The second-order valence-corrected chi connectivity index (χ2v) is 7.79. The summed E-state index contributed by atoms with van der Waals surface area (Å²) in [6.07, 6.45) is -0.142. The van der Waals surface area contributed by atoms with Gasteiger partial charge in [0.1, 0.15) is 23.2 Å². The lowest BCUT2D eigenvalue weighted by molar-refractivity contribution is -0.133. The predicted molar refractivity (Wildman–Crippen MR) is 117 cm³/mol. The molecule has 0 saturated carbocycles. The van der Waals surface area contributed by atoms with Crippen molar-refractivity contribution in [3.05, 3.63) is 70.9 Å². The van der Waals surface area contributed by atoms with Gasteiger partial charge in [-0.2, -0.15) is 10.4 Å². The van der Waals surface area contributed by atoms with Crippen molar-refractivity contribution in [2.75, 3.05) is 5.73 Å². The molecule has 0 amide bonds. The Morgan fingerprint density at radius 1 is 1.07 bits per heavy atom. The third kappa shape index (κ3) is 4.20. The van der Waals surface area contributed by atoms with Gasteiger partial charge in [0, 0.05) is 0 Å². The maximum Gasteiger partial charge on any atom is 0.317 e. The first-order valence-electron chi connectivity index (χ1n) is 9.99. The van der Waals surface area contributed by atoms with Crippen LogP contribution in [0.3, 0.4) is 0 Å². The summed E-state index contributed by atoms with van der Waals surface area (Å²) in [4.78, 5) is 12.8. The van der Waals surface area contributed by atoms with Gasteiger partial charge in [-0.3, -0.25) is 4.79 Å². The van der Waals surface area contributed by atoms with Crippen LogP contribution in [0, 0.1) is 11.3 Å². The number of ether oxygens (including phenoxy) is 1. The molecule has 154 valence electrons. The highest BCUT2D eigenvalue weighted by atomic mass is 16.5. The van der Waals surface area contributed by atoms with Gasteiger partial charge in [-0.1, -0.05) is 64.1 Å². The second kappa shape index (κ2) is 8.83. The Balaban J connectivity index is 1.92. The first-order chi connectivity index (χ1) is 14.3. The third-order valence-electron chi connectivity index (χ3n) is 4.95. The molecule has 0 aliphatic rings. The fraction of sp³-hybridized carbons (Fsp3) is 0.292. The van der Waals surface area contributed by atoms with Crippen LogP contribution in [0.25, 0.3) is 5.69 Å². The minimum atomic E-state index is -0.473. The number of hydrogen-bond acceptors (Lipinski definition) is 5. The summed E-state index contributed by atoms with van der Waals surface area (Å²) in [6.45, 7) is 8.25. The Hall–Kier alpha value is -3.59. The molecule has 0 bridgehead atoms. The van der Waals surface area contributed by atoms with E-state index in [1.165, 1.54) is 4.68 Å². The highest BCUT2D eigenvalue weighted by Crippen LogP contribution is 2.35. The lowest BCUT2D eigenvalue weighted by Gasteiger charge is -2.18. The summed E-state index contributed by atoms with van der Waals surface area (Å²) < 4.78 is 7.29. The number of esters is 1. The Bertz CT molecular complexity index is 1070. The van der Waals surface area contributed by atoms with Crippen LogP contribution in [0.4, 0.5) is 5.82 Å². The molecule has 1 heterocycles. The number of carbonyl (C=O) groups is 1. The van der Waals surface area contributed by atoms with Crippen molar-refractivity contribution in [2.45, 2.75) is 46.0 Å². The smallest absolute Gasteiger partial charge is 0.317 e. The highest BCUT2D eigenvalue weighted by Gasteiger charge is 2.22. The number of nitrogen functional groups attached to an aromatic ring is 1. The summed E-state index contributed by atoms with van der Waals surface area (Å²) in [5.74, 6) is 0.737. The third-order valence-corrected chi connectivity index (χ3v) is 4.95. The zero-order chi connectivity index (χ0) is 21.8. The number of nitrogens with two attached hydrogens (primary N) is 1. The molecule has 0 spiro atoms. The molecule has 0 saturated heterocycles. The zero-order valence-corrected chi connectivity index (χ0v) is 17.7. The lowest BCUT2D eigenvalue weighted by Crippen LogP contribution is -2.15. The fourth-order valence-electron chi connectivity index (χ4n) is 3.38. The average molecular weight is 402 g/mol. The Morgan fingerprint density at radius 3 is 2.20 bits per heavy atom. The monoisotopic (exact) mass is 402 g/mol. The van der Waals surface area contributed by atoms with E-state index in [9.17, 15) is 10.1 Å². The molecule has 0 unspecified atom stereocenters. The van der Waals surface area contributed by atoms with Gasteiger partial charge in [0.05, 0.1) is 17.8 Å². The maximum absolute atomic E-state index is 12.8. The number of carbonyl (C=O) groups excluding carboxylic acids is 1. The zero-order valence-electron chi connectivity index (χ0n) is 17.7. The van der Waals surface area contributed by atoms with Crippen molar-refractivity contribution in [1.29, 1.82) is 5.26 Å². The highest BCUT2D eigenvalue weighted by molar-refractivity contribution is 5.77. The molecule has 1 aromatic heterocycles. The van der Waals surface area contributed by atoms with Crippen molar-refractivity contribution in [3.63, 3.8) is 0 Å². The van der Waals surface area contributed by atoms with E-state index < -0.39 is 5.97 Å². The van der Waals surface area contributed by atoms with E-state index in [0.717, 1.165) is 16.8 Å². The topological polar surface area (TPSA) is 93.9 Å². The van der Waals surface area contributed by atoms with E-state index in [1.807, 2.05) is 48.5 Å². The van der Waals surface area contributed by atoms with Gasteiger partial charge in [0.2, 0.25) is 0 Å². The van der Waals surface area contributed by atoms with E-state index >= 15 is 0 Å². The van der Waals surface area contributed by atoms with Crippen molar-refractivity contribution >= 4 is 11.8 Å². The van der Waals surface area contributed by atoms with E-state index in [1.54, 1.807) is 0 Å². The molecule has 0 fully saturated rings. The Labute approximate surface area is 176 Å². The fourth-order valence-corrected chi connectivity index (χ4v) is 3.38. The molecule has 3 aromatic rings. The van der Waals surface area contributed by atoms with Gasteiger partial charge in [0.25, 0.3) is 0 Å². The van der Waals surface area contributed by atoms with Crippen LogP contribution in [-0.2, 0) is 11.2 Å². The summed E-state index contributed by atoms with van der Waals surface area (Å²) in [6, 6.07) is 17.3. The van der Waals surface area contributed by atoms with Crippen molar-refractivity contribution < 1.29 is 9.53 Å². The van der Waals surface area contributed by atoms with Crippen LogP contribution >= 0.6 is 0 Å². The molecule has 0 aliphatic carbocycles. The number of para-hydroxylation sites is 2. The van der Waals surface area contributed by atoms with Crippen LogP contribution in [-0.4, -0.2) is 15.7 Å². The van der Waals surface area contributed by atoms with Gasteiger partial charge < -0.3 is 10.5 Å². The molecule has 0 aliphatic heterocycles. The number of aromatic nitrogens is 2. The number of nitriles is 1. The minimum absolute atomic E-state index is 0.142. The van der Waals surface area contributed by atoms with Gasteiger partial charge in [-0.15, -0.1) is 0 Å². The van der Waals surface area contributed by atoms with Crippen LogP contribution in [0.15, 0.2) is 48.5 Å². The molecular formula is C24H26N4O2. The van der Waals surface area contributed by atoms with Gasteiger partial charge in [-0.05, 0) is 35.1 Å². The SMILES string of the molecule is CC(C)c1cccc(C(C)C)c1OC(=O)Cc1nn(-c2ccccc2)c(N)c1C#N. The molecule has 2 N–H and O–H groups in total. The van der Waals surface area contributed by atoms with Crippen molar-refractivity contribution in [2.24, 2.45) is 0 Å². The summed E-state index contributed by atoms with van der Waals surface area (Å²) in [5.41, 5.74) is 9.30. The van der Waals surface area contributed by atoms with E-state index in [0.29, 0.717) is 11.4 Å². The molecule has 6 nitrogen and oxygen atoms in total. The number of rotatable bonds is 6. The first kappa shape index (κ1) is 21.1. The Kier molecular flexibility index (Phi) is 6.22. The Morgan fingerprint density at radius 2 is 1.67 bits per heavy atom. The van der Waals surface area contributed by atoms with Crippen LogP contribution in [0.1, 0.15) is 61.9 Å². The maximum atomic E-state index is 12.8. The normalized spacial score (nSPS) is 11.0. The van der Waals surface area contributed by atoms with Crippen molar-refractivity contribution in [1.82, 2.24) is 9.78 Å². The van der Waals surface area contributed by atoms with Gasteiger partial charge in [-0.25, -0.2) is 4.68 Å². The van der Waals surface area contributed by atoms with Gasteiger partial charge >= 0.3 is 5.97 Å². The summed E-state index contributed by atoms with van der Waals surface area (Å²) >= 11 is 0. The predicted octanol–water partition coefficient (Wildman–Crippen LogP) is 4.72. The molecule has 0 atom stereocenters. The largest absolute Gasteiger partial charge is 0.426 e. The molecule has 2 aromatic carbocycles. The van der Waals surface area contributed by atoms with Gasteiger partial charge in [0.15, 0.2) is 0 Å². The standard InChI is InChI=1S/C24H26N4O2/c1-15(2)18-11-8-12-19(16(3)4)23(18)30-22(29)13-21-20(14-25)24(26)28(27-21)17-9-6-5-7-10-17/h5-12,15-16H,13,26H2,1-4H3. The van der Waals surface area contributed by atoms with E-state index in [4.69, 9.17) is 10.5 Å². The number of hydrogen-bond donors (Lipinski definition) is 1. The second-order valence-electron chi connectivity index (χ2n) is 7.79. The summed E-state index contributed by atoms with van der Waals surface area (Å²) in [7, 11) is 0. The van der Waals surface area contributed by atoms with Crippen LogP contribution < -0.4 is 10.5 Å². The lowest BCUT2D eigenvalue weighted by atomic mass is 9.94. The average Bonchev–Trinajstić information content (AvgIpc) is 3.03.